The van der Waals surface area contributed by atoms with Crippen LogP contribution in [0.4, 0.5) is 16.3 Å². The summed E-state index contributed by atoms with van der Waals surface area (Å²) in [5.41, 5.74) is 3.24. The third-order valence-corrected chi connectivity index (χ3v) is 6.62. The molecule has 42 heavy (non-hydrogen) atoms. The van der Waals surface area contributed by atoms with Gasteiger partial charge in [0.05, 0.1) is 23.5 Å². The maximum atomic E-state index is 13.3. The molecule has 0 unspecified atom stereocenters. The van der Waals surface area contributed by atoms with E-state index < -0.39 is 6.03 Å². The standard InChI is InChI=1S/C32H33N7O3/c1-20-10-12-21(13-11-20)39-28(18-26(38-39)32(2,3)4)37-31(41)35-24-14-15-25(23-9-7-6-8-22(23)24)42-30-16-17-34-27(36-30)19-29(40)33-5/h6-18H,19H2,1-5H3,(H,33,40)(H2,35,37,41). The highest BCUT2D eigenvalue weighted by atomic mass is 16.5. The van der Waals surface area contributed by atoms with Crippen LogP contribution in [0.3, 0.4) is 0 Å². The van der Waals surface area contributed by atoms with Gasteiger partial charge < -0.3 is 15.4 Å². The van der Waals surface area contributed by atoms with E-state index in [4.69, 9.17) is 9.84 Å². The molecule has 0 radical (unpaired) electrons. The second-order valence-electron chi connectivity index (χ2n) is 10.9. The number of ether oxygens (including phenoxy) is 1. The van der Waals surface area contributed by atoms with Gasteiger partial charge >= 0.3 is 6.03 Å². The molecular formula is C32H33N7O3. The molecule has 0 saturated heterocycles. The number of aromatic nitrogens is 4. The summed E-state index contributed by atoms with van der Waals surface area (Å²) in [4.78, 5) is 33.5. The van der Waals surface area contributed by atoms with E-state index >= 15 is 0 Å². The Bertz CT molecular complexity index is 1750. The minimum Gasteiger partial charge on any atom is -0.438 e. The van der Waals surface area contributed by atoms with Gasteiger partial charge in [0, 0.05) is 41.6 Å². The minimum absolute atomic E-state index is 0.0481. The molecular weight excluding hydrogens is 530 g/mol. The second kappa shape index (κ2) is 11.7. The number of hydrogen-bond acceptors (Lipinski definition) is 6. The first-order chi connectivity index (χ1) is 20.1. The molecule has 2 aromatic heterocycles. The number of carbonyl (C=O) groups excluding carboxylic acids is 2. The van der Waals surface area contributed by atoms with Crippen molar-refractivity contribution in [1.82, 2.24) is 25.1 Å². The van der Waals surface area contributed by atoms with E-state index in [1.54, 1.807) is 36.1 Å². The normalized spacial score (nSPS) is 11.3. The van der Waals surface area contributed by atoms with Gasteiger partial charge in [0.2, 0.25) is 11.8 Å². The molecule has 214 valence electrons. The third-order valence-electron chi connectivity index (χ3n) is 6.62. The van der Waals surface area contributed by atoms with Gasteiger partial charge in [-0.15, -0.1) is 0 Å². The van der Waals surface area contributed by atoms with Crippen LogP contribution >= 0.6 is 0 Å². The van der Waals surface area contributed by atoms with Gasteiger partial charge in [-0.3, -0.25) is 10.1 Å². The van der Waals surface area contributed by atoms with Crippen LogP contribution < -0.4 is 20.7 Å². The monoisotopic (exact) mass is 563 g/mol. The zero-order valence-corrected chi connectivity index (χ0v) is 24.2. The van der Waals surface area contributed by atoms with Gasteiger partial charge in [0.25, 0.3) is 0 Å². The molecule has 0 bridgehead atoms. The molecule has 2 heterocycles. The summed E-state index contributed by atoms with van der Waals surface area (Å²) < 4.78 is 7.83. The Hall–Kier alpha value is -5.25. The Labute approximate surface area is 244 Å². The van der Waals surface area contributed by atoms with Crippen LogP contribution in [0.15, 0.2) is 79.0 Å². The van der Waals surface area contributed by atoms with Gasteiger partial charge in [-0.25, -0.2) is 14.5 Å². The van der Waals surface area contributed by atoms with Crippen LogP contribution in [0.1, 0.15) is 37.9 Å². The average molecular weight is 564 g/mol. The number of urea groups is 1. The van der Waals surface area contributed by atoms with Crippen molar-refractivity contribution < 1.29 is 14.3 Å². The Kier molecular flexibility index (Phi) is 7.88. The molecule has 0 aliphatic heterocycles. The van der Waals surface area contributed by atoms with Gasteiger partial charge in [0.15, 0.2) is 0 Å². The van der Waals surface area contributed by atoms with Crippen molar-refractivity contribution in [3.05, 3.63) is 96.1 Å². The first kappa shape index (κ1) is 28.3. The van der Waals surface area contributed by atoms with E-state index in [1.165, 1.54) is 0 Å². The summed E-state index contributed by atoms with van der Waals surface area (Å²) in [6.07, 6.45) is 1.60. The topological polar surface area (TPSA) is 123 Å². The van der Waals surface area contributed by atoms with Crippen molar-refractivity contribution in [2.24, 2.45) is 0 Å². The largest absolute Gasteiger partial charge is 0.438 e. The lowest BCUT2D eigenvalue weighted by molar-refractivity contribution is -0.120. The maximum absolute atomic E-state index is 13.3. The van der Waals surface area contributed by atoms with Crippen molar-refractivity contribution >= 4 is 34.2 Å². The number of nitrogens with zero attached hydrogens (tertiary/aromatic N) is 4. The first-order valence-electron chi connectivity index (χ1n) is 13.6. The van der Waals surface area contributed by atoms with E-state index in [9.17, 15) is 9.59 Å². The SMILES string of the molecule is CNC(=O)Cc1nccc(Oc2ccc(NC(=O)Nc3cc(C(C)(C)C)nn3-c3ccc(C)cc3)c3ccccc23)n1. The minimum atomic E-state index is -0.405. The predicted molar refractivity (Wildman–Crippen MR) is 163 cm³/mol. The molecule has 10 nitrogen and oxygen atoms in total. The lowest BCUT2D eigenvalue weighted by Crippen LogP contribution is -2.21. The summed E-state index contributed by atoms with van der Waals surface area (Å²) >= 11 is 0. The number of hydrogen-bond donors (Lipinski definition) is 3. The Morgan fingerprint density at radius 2 is 1.67 bits per heavy atom. The fraction of sp³-hybridized carbons (Fsp3) is 0.219. The molecule has 10 heteroatoms. The van der Waals surface area contributed by atoms with Gasteiger partial charge in [-0.1, -0.05) is 62.7 Å². The Balaban J connectivity index is 1.40. The highest BCUT2D eigenvalue weighted by Gasteiger charge is 2.22. The number of fused-ring (bicyclic) bond motifs is 1. The molecule has 3 aromatic carbocycles. The summed E-state index contributed by atoms with van der Waals surface area (Å²) in [7, 11) is 1.56. The number of aryl methyl sites for hydroxylation is 1. The molecule has 0 spiro atoms. The van der Waals surface area contributed by atoms with Crippen LogP contribution in [0.2, 0.25) is 0 Å². The summed E-state index contributed by atoms with van der Waals surface area (Å²) in [6, 6.07) is 22.2. The number of nitrogens with one attached hydrogen (secondary N) is 3. The second-order valence-corrected chi connectivity index (χ2v) is 10.9. The first-order valence-corrected chi connectivity index (χ1v) is 13.6. The van der Waals surface area contributed by atoms with Crippen LogP contribution in [-0.4, -0.2) is 38.7 Å². The fourth-order valence-electron chi connectivity index (χ4n) is 4.33. The number of likely N-dealkylation sites (N-methyl/N-ethyl adjacent to an activating group) is 1. The van der Waals surface area contributed by atoms with Gasteiger partial charge in [0.1, 0.15) is 17.4 Å². The van der Waals surface area contributed by atoms with Crippen LogP contribution in [0, 0.1) is 6.92 Å². The molecule has 5 aromatic rings. The van der Waals surface area contributed by atoms with E-state index in [0.29, 0.717) is 29.0 Å². The zero-order chi connectivity index (χ0) is 29.9. The molecule has 0 fully saturated rings. The summed E-state index contributed by atoms with van der Waals surface area (Å²) in [6.45, 7) is 8.27. The van der Waals surface area contributed by atoms with Gasteiger partial charge in [-0.2, -0.15) is 10.1 Å². The van der Waals surface area contributed by atoms with Crippen LogP contribution in [0.5, 0.6) is 11.6 Å². The van der Waals surface area contributed by atoms with Crippen molar-refractivity contribution in [3.8, 4) is 17.3 Å². The molecule has 0 aliphatic carbocycles. The average Bonchev–Trinajstić information content (AvgIpc) is 3.39. The Morgan fingerprint density at radius 3 is 2.38 bits per heavy atom. The zero-order valence-electron chi connectivity index (χ0n) is 24.2. The van der Waals surface area contributed by atoms with E-state index in [0.717, 1.165) is 27.7 Å². The molecule has 0 aliphatic rings. The van der Waals surface area contributed by atoms with E-state index in [1.807, 2.05) is 61.5 Å². The molecule has 0 saturated carbocycles. The van der Waals surface area contributed by atoms with Crippen molar-refractivity contribution in [2.45, 2.75) is 39.5 Å². The summed E-state index contributed by atoms with van der Waals surface area (Å²) in [5, 5.41) is 14.9. The lowest BCUT2D eigenvalue weighted by Gasteiger charge is -2.14. The fourth-order valence-corrected chi connectivity index (χ4v) is 4.33. The summed E-state index contributed by atoms with van der Waals surface area (Å²) in [5.74, 6) is 1.58. The quantitative estimate of drug-likeness (QED) is 0.218. The number of anilines is 2. The number of benzene rings is 3. The van der Waals surface area contributed by atoms with E-state index in [-0.39, 0.29) is 17.7 Å². The molecule has 3 N–H and O–H groups in total. The number of amides is 3. The number of carbonyl (C=O) groups is 2. The molecule has 0 atom stereocenters. The van der Waals surface area contributed by atoms with Crippen molar-refractivity contribution in [2.75, 3.05) is 17.7 Å². The van der Waals surface area contributed by atoms with Crippen LogP contribution in [0.25, 0.3) is 16.5 Å². The lowest BCUT2D eigenvalue weighted by atomic mass is 9.92. The maximum Gasteiger partial charge on any atom is 0.324 e. The highest BCUT2D eigenvalue weighted by Crippen LogP contribution is 2.34. The van der Waals surface area contributed by atoms with Crippen LogP contribution in [-0.2, 0) is 16.6 Å². The van der Waals surface area contributed by atoms with Crippen molar-refractivity contribution in [1.29, 1.82) is 0 Å². The Morgan fingerprint density at radius 1 is 0.929 bits per heavy atom. The van der Waals surface area contributed by atoms with Gasteiger partial charge in [-0.05, 0) is 31.2 Å². The van der Waals surface area contributed by atoms with E-state index in [2.05, 4.69) is 46.7 Å². The smallest absolute Gasteiger partial charge is 0.324 e. The van der Waals surface area contributed by atoms with Crippen molar-refractivity contribution in [3.63, 3.8) is 0 Å². The third kappa shape index (κ3) is 6.38. The molecule has 3 amide bonds. The number of rotatable bonds is 7. The highest BCUT2D eigenvalue weighted by molar-refractivity contribution is 6.07. The molecule has 5 rings (SSSR count). The predicted octanol–water partition coefficient (Wildman–Crippen LogP) is 6.15.